The molecule has 0 aliphatic rings. The van der Waals surface area contributed by atoms with Crippen LogP contribution >= 0.6 is 34.8 Å². The molecule has 0 atom stereocenters. The van der Waals surface area contributed by atoms with E-state index in [9.17, 15) is 0 Å². The van der Waals surface area contributed by atoms with Crippen LogP contribution in [-0.2, 0) is 13.2 Å². The Hall–Kier alpha value is -1.17. The molecule has 0 aliphatic carbocycles. The van der Waals surface area contributed by atoms with E-state index >= 15 is 0 Å². The highest BCUT2D eigenvalue weighted by Crippen LogP contribution is 2.34. The Labute approximate surface area is 156 Å². The minimum absolute atomic E-state index is 0.0673. The first-order valence-corrected chi connectivity index (χ1v) is 8.43. The Morgan fingerprint density at radius 2 is 1.75 bits per heavy atom. The molecule has 2 rings (SSSR count). The van der Waals surface area contributed by atoms with E-state index in [2.05, 4.69) is 5.32 Å². The number of aliphatic hydroxyl groups is 1. The number of nitrogens with one attached hydrogen (secondary N) is 1. The van der Waals surface area contributed by atoms with Crippen molar-refractivity contribution >= 4 is 34.8 Å². The molecule has 0 radical (unpaired) electrons. The lowest BCUT2D eigenvalue weighted by molar-refractivity contribution is 0.284. The van der Waals surface area contributed by atoms with Crippen molar-refractivity contribution in [1.82, 2.24) is 5.32 Å². The Bertz CT molecular complexity index is 695. The number of rotatable bonds is 8. The number of halogens is 3. The molecule has 2 aromatic carbocycles. The maximum absolute atomic E-state index is 8.82. The SMILES string of the molecule is COc1cc(CNCCO)c(Cl)cc1OCc1ccc(Cl)cc1Cl. The summed E-state index contributed by atoms with van der Waals surface area (Å²) in [5.41, 5.74) is 1.67. The molecule has 0 saturated heterocycles. The van der Waals surface area contributed by atoms with Gasteiger partial charge in [0, 0.05) is 39.8 Å². The molecule has 0 unspecified atom stereocenters. The third-order valence-corrected chi connectivity index (χ3v) is 4.27. The van der Waals surface area contributed by atoms with Gasteiger partial charge in [-0.2, -0.15) is 0 Å². The molecule has 4 nitrogen and oxygen atoms in total. The van der Waals surface area contributed by atoms with Crippen molar-refractivity contribution in [1.29, 1.82) is 0 Å². The van der Waals surface area contributed by atoms with Crippen molar-refractivity contribution in [2.24, 2.45) is 0 Å². The summed E-state index contributed by atoms with van der Waals surface area (Å²) >= 11 is 18.3. The molecule has 130 valence electrons. The summed E-state index contributed by atoms with van der Waals surface area (Å²) in [6, 6.07) is 8.76. The fourth-order valence-electron chi connectivity index (χ4n) is 2.08. The highest BCUT2D eigenvalue weighted by molar-refractivity contribution is 6.35. The van der Waals surface area contributed by atoms with Gasteiger partial charge in [-0.05, 0) is 23.8 Å². The molecule has 7 heteroatoms. The van der Waals surface area contributed by atoms with Crippen LogP contribution in [0.1, 0.15) is 11.1 Å². The molecule has 2 aromatic rings. The summed E-state index contributed by atoms with van der Waals surface area (Å²) < 4.78 is 11.2. The van der Waals surface area contributed by atoms with Gasteiger partial charge in [0.25, 0.3) is 0 Å². The fourth-order valence-corrected chi connectivity index (χ4v) is 2.76. The second kappa shape index (κ2) is 9.35. The zero-order valence-corrected chi connectivity index (χ0v) is 15.4. The van der Waals surface area contributed by atoms with Crippen molar-refractivity contribution in [2.75, 3.05) is 20.3 Å². The van der Waals surface area contributed by atoms with Gasteiger partial charge in [0.2, 0.25) is 0 Å². The van der Waals surface area contributed by atoms with Crippen molar-refractivity contribution in [3.05, 3.63) is 56.5 Å². The third-order valence-electron chi connectivity index (χ3n) is 3.33. The molecule has 0 heterocycles. The van der Waals surface area contributed by atoms with Gasteiger partial charge in [-0.15, -0.1) is 0 Å². The molecule has 0 aliphatic heterocycles. The summed E-state index contributed by atoms with van der Waals surface area (Å²) in [7, 11) is 1.57. The average molecular weight is 391 g/mol. The zero-order valence-electron chi connectivity index (χ0n) is 13.1. The molecule has 0 amide bonds. The van der Waals surface area contributed by atoms with Gasteiger partial charge in [-0.3, -0.25) is 0 Å². The molecule has 0 saturated carbocycles. The van der Waals surface area contributed by atoms with Gasteiger partial charge < -0.3 is 19.9 Å². The van der Waals surface area contributed by atoms with Crippen LogP contribution in [0, 0.1) is 0 Å². The number of methoxy groups -OCH3 is 1. The number of benzene rings is 2. The van der Waals surface area contributed by atoms with Gasteiger partial charge in [0.1, 0.15) is 6.61 Å². The number of hydrogen-bond acceptors (Lipinski definition) is 4. The van der Waals surface area contributed by atoms with Gasteiger partial charge >= 0.3 is 0 Å². The van der Waals surface area contributed by atoms with Gasteiger partial charge in [0.15, 0.2) is 11.5 Å². The van der Waals surface area contributed by atoms with Crippen LogP contribution < -0.4 is 14.8 Å². The van der Waals surface area contributed by atoms with Crippen LogP contribution in [0.4, 0.5) is 0 Å². The number of aliphatic hydroxyl groups excluding tert-OH is 1. The molecule has 0 aromatic heterocycles. The second-order valence-corrected chi connectivity index (χ2v) is 6.27. The third kappa shape index (κ3) is 5.16. The summed E-state index contributed by atoms with van der Waals surface area (Å²) in [6.07, 6.45) is 0. The Kier molecular flexibility index (Phi) is 7.46. The van der Waals surface area contributed by atoms with Gasteiger partial charge in [-0.1, -0.05) is 40.9 Å². The Balaban J connectivity index is 2.13. The van der Waals surface area contributed by atoms with Crippen LogP contribution in [0.15, 0.2) is 30.3 Å². The highest BCUT2D eigenvalue weighted by Gasteiger charge is 2.12. The van der Waals surface area contributed by atoms with Crippen LogP contribution in [0.25, 0.3) is 0 Å². The topological polar surface area (TPSA) is 50.7 Å². The predicted molar refractivity (Wildman–Crippen MR) is 97.6 cm³/mol. The van der Waals surface area contributed by atoms with E-state index in [0.29, 0.717) is 39.7 Å². The van der Waals surface area contributed by atoms with Gasteiger partial charge in [0.05, 0.1) is 13.7 Å². The van der Waals surface area contributed by atoms with E-state index < -0.39 is 0 Å². The first-order chi connectivity index (χ1) is 11.5. The van der Waals surface area contributed by atoms with E-state index in [1.54, 1.807) is 25.3 Å². The molecular formula is C17H18Cl3NO3. The summed E-state index contributed by atoms with van der Waals surface area (Å²) in [4.78, 5) is 0. The van der Waals surface area contributed by atoms with Crippen LogP contribution in [-0.4, -0.2) is 25.4 Å². The van der Waals surface area contributed by atoms with E-state index in [0.717, 1.165) is 11.1 Å². The Morgan fingerprint density at radius 1 is 1.00 bits per heavy atom. The highest BCUT2D eigenvalue weighted by atomic mass is 35.5. The minimum Gasteiger partial charge on any atom is -0.493 e. The maximum atomic E-state index is 8.82. The monoisotopic (exact) mass is 389 g/mol. The lowest BCUT2D eigenvalue weighted by atomic mass is 10.2. The standard InChI is InChI=1S/C17H18Cl3NO3/c1-23-16-6-12(9-21-4-5-22)15(20)8-17(16)24-10-11-2-3-13(18)7-14(11)19/h2-3,6-8,21-22H,4-5,9-10H2,1H3. The van der Waals surface area contributed by atoms with Crippen LogP contribution in [0.3, 0.4) is 0 Å². The lowest BCUT2D eigenvalue weighted by Gasteiger charge is -2.15. The quantitative estimate of drug-likeness (QED) is 0.659. The van der Waals surface area contributed by atoms with Crippen LogP contribution in [0.5, 0.6) is 11.5 Å². The van der Waals surface area contributed by atoms with Crippen molar-refractivity contribution in [3.63, 3.8) is 0 Å². The minimum atomic E-state index is 0.0673. The predicted octanol–water partition coefficient (Wildman–Crippen LogP) is 4.32. The Morgan fingerprint density at radius 3 is 2.42 bits per heavy atom. The van der Waals surface area contributed by atoms with E-state index in [4.69, 9.17) is 49.4 Å². The van der Waals surface area contributed by atoms with Crippen molar-refractivity contribution in [2.45, 2.75) is 13.2 Å². The summed E-state index contributed by atoms with van der Waals surface area (Å²) in [6.45, 7) is 1.35. The molecule has 0 fully saturated rings. The van der Waals surface area contributed by atoms with E-state index in [-0.39, 0.29) is 13.2 Å². The number of hydrogen-bond donors (Lipinski definition) is 2. The second-order valence-electron chi connectivity index (χ2n) is 5.02. The first kappa shape index (κ1) is 19.2. The maximum Gasteiger partial charge on any atom is 0.163 e. The molecule has 2 N–H and O–H groups in total. The molecular weight excluding hydrogens is 373 g/mol. The van der Waals surface area contributed by atoms with Gasteiger partial charge in [-0.25, -0.2) is 0 Å². The van der Waals surface area contributed by atoms with Crippen molar-refractivity contribution in [3.8, 4) is 11.5 Å². The first-order valence-electron chi connectivity index (χ1n) is 7.30. The van der Waals surface area contributed by atoms with Crippen molar-refractivity contribution < 1.29 is 14.6 Å². The molecule has 0 spiro atoms. The van der Waals surface area contributed by atoms with E-state index in [1.807, 2.05) is 12.1 Å². The normalized spacial score (nSPS) is 10.7. The zero-order chi connectivity index (χ0) is 17.5. The lowest BCUT2D eigenvalue weighted by Crippen LogP contribution is -2.17. The smallest absolute Gasteiger partial charge is 0.163 e. The fraction of sp³-hybridized carbons (Fsp3) is 0.294. The number of ether oxygens (including phenoxy) is 2. The van der Waals surface area contributed by atoms with Crippen LogP contribution in [0.2, 0.25) is 15.1 Å². The van der Waals surface area contributed by atoms with E-state index in [1.165, 1.54) is 0 Å². The summed E-state index contributed by atoms with van der Waals surface area (Å²) in [5, 5.41) is 13.6. The largest absolute Gasteiger partial charge is 0.493 e. The summed E-state index contributed by atoms with van der Waals surface area (Å²) in [5.74, 6) is 1.10. The average Bonchev–Trinajstić information content (AvgIpc) is 2.56. The molecule has 24 heavy (non-hydrogen) atoms. The molecule has 0 bridgehead atoms.